The number of esters is 1. The van der Waals surface area contributed by atoms with Crippen LogP contribution in [-0.4, -0.2) is 30.6 Å². The van der Waals surface area contributed by atoms with E-state index in [0.717, 1.165) is 0 Å². The van der Waals surface area contributed by atoms with Crippen LogP contribution in [0, 0.1) is 0 Å². The van der Waals surface area contributed by atoms with Crippen LogP contribution in [0.3, 0.4) is 0 Å². The Labute approximate surface area is 168 Å². The molecule has 0 aliphatic rings. The Balaban J connectivity index is 1.69. The van der Waals surface area contributed by atoms with Gasteiger partial charge >= 0.3 is 5.97 Å². The van der Waals surface area contributed by atoms with Gasteiger partial charge in [-0.3, -0.25) is 4.79 Å². The van der Waals surface area contributed by atoms with Gasteiger partial charge < -0.3 is 20.1 Å². The highest BCUT2D eigenvalue weighted by Crippen LogP contribution is 2.22. The molecule has 0 saturated carbocycles. The standard InChI is InChI=1S/C22H21N3O4/c1-3-29-22(27)18-6-4-5-7-19(18)24-16-10-13-20(23-14-16)21(26)25-15-8-11-17(28-2)12-9-15/h4-14,24H,3H2,1-2H3,(H,25,26). The number of nitrogens with zero attached hydrogens (tertiary/aromatic N) is 1. The van der Waals surface area contributed by atoms with E-state index in [4.69, 9.17) is 9.47 Å². The van der Waals surface area contributed by atoms with Crippen molar-refractivity contribution in [1.82, 2.24) is 4.98 Å². The van der Waals surface area contributed by atoms with E-state index in [1.165, 1.54) is 6.20 Å². The van der Waals surface area contributed by atoms with Crippen LogP contribution in [0.2, 0.25) is 0 Å². The van der Waals surface area contributed by atoms with Gasteiger partial charge in [0.2, 0.25) is 0 Å². The van der Waals surface area contributed by atoms with Crippen molar-refractivity contribution >= 4 is 28.9 Å². The third kappa shape index (κ3) is 5.10. The summed E-state index contributed by atoms with van der Waals surface area (Å²) in [4.78, 5) is 28.6. The molecule has 0 bridgehead atoms. The summed E-state index contributed by atoms with van der Waals surface area (Å²) in [7, 11) is 1.58. The zero-order chi connectivity index (χ0) is 20.6. The number of aromatic nitrogens is 1. The van der Waals surface area contributed by atoms with Crippen molar-refractivity contribution < 1.29 is 19.1 Å². The minimum atomic E-state index is -0.404. The molecule has 0 radical (unpaired) electrons. The van der Waals surface area contributed by atoms with Gasteiger partial charge in [0, 0.05) is 5.69 Å². The molecule has 3 rings (SSSR count). The lowest BCUT2D eigenvalue weighted by Crippen LogP contribution is -2.13. The monoisotopic (exact) mass is 391 g/mol. The number of anilines is 3. The first-order chi connectivity index (χ1) is 14.1. The first kappa shape index (κ1) is 19.9. The second-order valence-electron chi connectivity index (χ2n) is 6.01. The molecule has 0 aliphatic carbocycles. The fraction of sp³-hybridized carbons (Fsp3) is 0.136. The molecule has 1 aromatic heterocycles. The number of hydrogen-bond donors (Lipinski definition) is 2. The van der Waals surface area contributed by atoms with E-state index in [1.807, 2.05) is 6.07 Å². The number of ether oxygens (including phenoxy) is 2. The summed E-state index contributed by atoms with van der Waals surface area (Å²) in [6, 6.07) is 17.4. The number of hydrogen-bond acceptors (Lipinski definition) is 6. The largest absolute Gasteiger partial charge is 0.497 e. The SMILES string of the molecule is CCOC(=O)c1ccccc1Nc1ccc(C(=O)Nc2ccc(OC)cc2)nc1. The van der Waals surface area contributed by atoms with Crippen molar-refractivity contribution in [2.75, 3.05) is 24.4 Å². The molecule has 1 amide bonds. The van der Waals surface area contributed by atoms with E-state index in [1.54, 1.807) is 68.6 Å². The lowest BCUT2D eigenvalue weighted by molar-refractivity contribution is 0.0527. The summed E-state index contributed by atoms with van der Waals surface area (Å²) in [6.45, 7) is 2.06. The number of para-hydroxylation sites is 1. The second-order valence-corrected chi connectivity index (χ2v) is 6.01. The summed E-state index contributed by atoms with van der Waals surface area (Å²) in [5, 5.41) is 5.91. The maximum absolute atomic E-state index is 12.4. The van der Waals surface area contributed by atoms with E-state index in [2.05, 4.69) is 15.6 Å². The molecule has 2 aromatic carbocycles. The fourth-order valence-corrected chi connectivity index (χ4v) is 2.61. The minimum absolute atomic E-state index is 0.269. The van der Waals surface area contributed by atoms with Crippen molar-refractivity contribution in [3.05, 3.63) is 78.1 Å². The van der Waals surface area contributed by atoms with Crippen LogP contribution >= 0.6 is 0 Å². The molecule has 0 saturated heterocycles. The summed E-state index contributed by atoms with van der Waals surface area (Å²) in [5.41, 5.74) is 2.58. The van der Waals surface area contributed by atoms with Gasteiger partial charge in [0.05, 0.1) is 36.9 Å². The molecule has 2 N–H and O–H groups in total. The van der Waals surface area contributed by atoms with Gasteiger partial charge in [-0.25, -0.2) is 9.78 Å². The third-order valence-electron chi connectivity index (χ3n) is 4.05. The Morgan fingerprint density at radius 1 is 0.966 bits per heavy atom. The maximum atomic E-state index is 12.4. The normalized spacial score (nSPS) is 10.1. The zero-order valence-corrected chi connectivity index (χ0v) is 16.1. The molecule has 7 nitrogen and oxygen atoms in total. The quantitative estimate of drug-likeness (QED) is 0.585. The first-order valence-electron chi connectivity index (χ1n) is 9.05. The van der Waals surface area contributed by atoms with E-state index in [0.29, 0.717) is 35.0 Å². The maximum Gasteiger partial charge on any atom is 0.340 e. The minimum Gasteiger partial charge on any atom is -0.497 e. The summed E-state index contributed by atoms with van der Waals surface area (Å²) in [5.74, 6) is -0.0210. The number of carbonyl (C=O) groups excluding carboxylic acids is 2. The Hall–Kier alpha value is -3.87. The lowest BCUT2D eigenvalue weighted by atomic mass is 10.1. The summed E-state index contributed by atoms with van der Waals surface area (Å²) < 4.78 is 10.2. The van der Waals surface area contributed by atoms with Gasteiger partial charge in [0.15, 0.2) is 0 Å². The van der Waals surface area contributed by atoms with E-state index in [9.17, 15) is 9.59 Å². The van der Waals surface area contributed by atoms with Crippen LogP contribution in [0.15, 0.2) is 66.9 Å². The average Bonchev–Trinajstić information content (AvgIpc) is 2.75. The van der Waals surface area contributed by atoms with Crippen LogP contribution in [0.4, 0.5) is 17.1 Å². The van der Waals surface area contributed by atoms with Gasteiger partial charge in [-0.2, -0.15) is 0 Å². The van der Waals surface area contributed by atoms with Crippen LogP contribution in [0.5, 0.6) is 5.75 Å². The second kappa shape index (κ2) is 9.36. The van der Waals surface area contributed by atoms with Crippen molar-refractivity contribution in [3.63, 3.8) is 0 Å². The zero-order valence-electron chi connectivity index (χ0n) is 16.1. The molecule has 29 heavy (non-hydrogen) atoms. The van der Waals surface area contributed by atoms with Crippen LogP contribution < -0.4 is 15.4 Å². The predicted octanol–water partition coefficient (Wildman–Crippen LogP) is 4.26. The van der Waals surface area contributed by atoms with Crippen LogP contribution in [0.25, 0.3) is 0 Å². The molecule has 148 valence electrons. The topological polar surface area (TPSA) is 89.5 Å². The molecular formula is C22H21N3O4. The van der Waals surface area contributed by atoms with Gasteiger partial charge in [0.25, 0.3) is 5.91 Å². The molecule has 0 aliphatic heterocycles. The average molecular weight is 391 g/mol. The number of nitrogens with one attached hydrogen (secondary N) is 2. The number of pyridine rings is 1. The van der Waals surface area contributed by atoms with Gasteiger partial charge in [-0.05, 0) is 55.5 Å². The third-order valence-corrected chi connectivity index (χ3v) is 4.05. The molecule has 1 heterocycles. The lowest BCUT2D eigenvalue weighted by Gasteiger charge is -2.11. The van der Waals surface area contributed by atoms with Crippen LogP contribution in [0.1, 0.15) is 27.8 Å². The molecule has 0 spiro atoms. The van der Waals surface area contributed by atoms with Crippen LogP contribution in [-0.2, 0) is 4.74 Å². The van der Waals surface area contributed by atoms with Gasteiger partial charge in [-0.1, -0.05) is 12.1 Å². The van der Waals surface area contributed by atoms with E-state index < -0.39 is 5.97 Å². The van der Waals surface area contributed by atoms with Crippen molar-refractivity contribution in [2.24, 2.45) is 0 Å². The molecule has 0 fully saturated rings. The van der Waals surface area contributed by atoms with Crippen molar-refractivity contribution in [3.8, 4) is 5.75 Å². The van der Waals surface area contributed by atoms with Crippen molar-refractivity contribution in [1.29, 1.82) is 0 Å². The number of carbonyl (C=O) groups is 2. The molecule has 7 heteroatoms. The number of rotatable bonds is 7. The smallest absolute Gasteiger partial charge is 0.340 e. The molecule has 0 atom stereocenters. The highest BCUT2D eigenvalue weighted by atomic mass is 16.5. The molecule has 3 aromatic rings. The Morgan fingerprint density at radius 3 is 2.34 bits per heavy atom. The molecule has 0 unspecified atom stereocenters. The highest BCUT2D eigenvalue weighted by molar-refractivity contribution is 6.03. The fourth-order valence-electron chi connectivity index (χ4n) is 2.61. The Kier molecular flexibility index (Phi) is 6.42. The Morgan fingerprint density at radius 2 is 1.69 bits per heavy atom. The number of benzene rings is 2. The van der Waals surface area contributed by atoms with Gasteiger partial charge in [-0.15, -0.1) is 0 Å². The highest BCUT2D eigenvalue weighted by Gasteiger charge is 2.13. The predicted molar refractivity (Wildman–Crippen MR) is 111 cm³/mol. The summed E-state index contributed by atoms with van der Waals surface area (Å²) in [6.07, 6.45) is 1.53. The Bertz CT molecular complexity index is 986. The first-order valence-corrected chi connectivity index (χ1v) is 9.05. The number of amides is 1. The van der Waals surface area contributed by atoms with E-state index >= 15 is 0 Å². The number of methoxy groups -OCH3 is 1. The van der Waals surface area contributed by atoms with Gasteiger partial charge in [0.1, 0.15) is 11.4 Å². The van der Waals surface area contributed by atoms with Crippen molar-refractivity contribution in [2.45, 2.75) is 6.92 Å². The summed E-state index contributed by atoms with van der Waals surface area (Å²) >= 11 is 0. The van der Waals surface area contributed by atoms with E-state index in [-0.39, 0.29) is 11.6 Å². The molecular weight excluding hydrogens is 370 g/mol.